The van der Waals surface area contributed by atoms with Crippen molar-refractivity contribution in [3.05, 3.63) is 58.7 Å². The second kappa shape index (κ2) is 6.65. The molecule has 2 aromatic rings. The number of para-hydroxylation sites is 1. The van der Waals surface area contributed by atoms with Crippen LogP contribution in [0.1, 0.15) is 22.3 Å². The van der Waals surface area contributed by atoms with Gasteiger partial charge in [0.15, 0.2) is 0 Å². The topological polar surface area (TPSA) is 39.6 Å². The van der Waals surface area contributed by atoms with Crippen LogP contribution in [-0.4, -0.2) is 26.2 Å². The number of aryl methyl sites for hydroxylation is 3. The normalized spacial score (nSPS) is 14.6. The van der Waals surface area contributed by atoms with Gasteiger partial charge in [-0.3, -0.25) is 5.41 Å². The lowest BCUT2D eigenvalue weighted by Gasteiger charge is -2.26. The van der Waals surface area contributed by atoms with Gasteiger partial charge in [0.2, 0.25) is 5.96 Å². The van der Waals surface area contributed by atoms with E-state index in [1.54, 1.807) is 7.11 Å². The monoisotopic (exact) mass is 323 g/mol. The molecule has 1 N–H and O–H groups in total. The number of methoxy groups -OCH3 is 1. The molecule has 1 heterocycles. The largest absolute Gasteiger partial charge is 0.380 e. The van der Waals surface area contributed by atoms with Crippen molar-refractivity contribution in [2.24, 2.45) is 0 Å². The molecule has 1 aliphatic heterocycles. The Morgan fingerprint density at radius 3 is 2.29 bits per heavy atom. The molecule has 0 unspecified atom stereocenters. The molecular weight excluding hydrogens is 298 g/mol. The molecule has 0 atom stereocenters. The van der Waals surface area contributed by atoms with Crippen molar-refractivity contribution >= 4 is 17.3 Å². The number of benzene rings is 2. The summed E-state index contributed by atoms with van der Waals surface area (Å²) in [5, 5.41) is 8.73. The van der Waals surface area contributed by atoms with Crippen LogP contribution in [0.4, 0.5) is 11.4 Å². The zero-order chi connectivity index (χ0) is 17.3. The molecule has 0 radical (unpaired) electrons. The van der Waals surface area contributed by atoms with Crippen molar-refractivity contribution < 1.29 is 4.74 Å². The number of rotatable bonds is 4. The van der Waals surface area contributed by atoms with Crippen LogP contribution in [0.2, 0.25) is 0 Å². The number of hydrogen-bond donors (Lipinski definition) is 1. The summed E-state index contributed by atoms with van der Waals surface area (Å²) in [6.07, 6.45) is 0. The second-order valence-corrected chi connectivity index (χ2v) is 6.44. The van der Waals surface area contributed by atoms with E-state index in [-0.39, 0.29) is 0 Å². The maximum absolute atomic E-state index is 8.73. The van der Waals surface area contributed by atoms with Gasteiger partial charge in [0, 0.05) is 37.1 Å². The summed E-state index contributed by atoms with van der Waals surface area (Å²) in [6.45, 7) is 8.57. The number of guanidine groups is 1. The summed E-state index contributed by atoms with van der Waals surface area (Å²) >= 11 is 0. The number of nitrogens with zero attached hydrogens (tertiary/aromatic N) is 2. The van der Waals surface area contributed by atoms with Crippen LogP contribution in [-0.2, 0) is 11.3 Å². The van der Waals surface area contributed by atoms with Gasteiger partial charge in [-0.25, -0.2) is 0 Å². The van der Waals surface area contributed by atoms with Crippen LogP contribution in [0.15, 0.2) is 36.4 Å². The fourth-order valence-electron chi connectivity index (χ4n) is 3.66. The maximum atomic E-state index is 8.73. The van der Waals surface area contributed by atoms with E-state index in [4.69, 9.17) is 10.1 Å². The molecule has 0 bridgehead atoms. The summed E-state index contributed by atoms with van der Waals surface area (Å²) in [4.78, 5) is 4.20. The van der Waals surface area contributed by atoms with Crippen LogP contribution in [0.25, 0.3) is 0 Å². The smallest absolute Gasteiger partial charge is 0.203 e. The summed E-state index contributed by atoms with van der Waals surface area (Å²) < 4.78 is 5.32. The van der Waals surface area contributed by atoms with Gasteiger partial charge in [-0.05, 0) is 38.0 Å². The first-order valence-electron chi connectivity index (χ1n) is 8.31. The van der Waals surface area contributed by atoms with Crippen LogP contribution in [0.3, 0.4) is 0 Å². The van der Waals surface area contributed by atoms with Gasteiger partial charge in [0.1, 0.15) is 0 Å². The van der Waals surface area contributed by atoms with Gasteiger partial charge in [-0.1, -0.05) is 35.9 Å². The molecule has 4 nitrogen and oxygen atoms in total. The quantitative estimate of drug-likeness (QED) is 0.924. The van der Waals surface area contributed by atoms with E-state index in [1.165, 1.54) is 16.7 Å². The first-order valence-corrected chi connectivity index (χ1v) is 8.31. The van der Waals surface area contributed by atoms with Gasteiger partial charge in [-0.2, -0.15) is 0 Å². The average Bonchev–Trinajstić information content (AvgIpc) is 2.89. The fourth-order valence-corrected chi connectivity index (χ4v) is 3.66. The standard InChI is InChI=1S/C20H25N3O/c1-14-11-15(2)19(16(3)12-14)23-10-9-22(20(23)21)18-8-6-5-7-17(18)13-24-4/h5-8,11-12,21H,9-10,13H2,1-4H3. The zero-order valence-electron chi connectivity index (χ0n) is 14.9. The van der Waals surface area contributed by atoms with E-state index in [1.807, 2.05) is 12.1 Å². The highest BCUT2D eigenvalue weighted by Gasteiger charge is 2.30. The highest BCUT2D eigenvalue weighted by Crippen LogP contribution is 2.32. The molecule has 24 heavy (non-hydrogen) atoms. The van der Waals surface area contributed by atoms with Crippen molar-refractivity contribution in [2.45, 2.75) is 27.4 Å². The summed E-state index contributed by atoms with van der Waals surface area (Å²) in [5.74, 6) is 0.536. The Labute approximate surface area is 144 Å². The lowest BCUT2D eigenvalue weighted by Crippen LogP contribution is -2.34. The molecule has 0 spiro atoms. The second-order valence-electron chi connectivity index (χ2n) is 6.44. The Bertz CT molecular complexity index is 746. The van der Waals surface area contributed by atoms with Crippen LogP contribution in [0, 0.1) is 26.2 Å². The predicted octanol–water partition coefficient (Wildman–Crippen LogP) is 4.02. The van der Waals surface area contributed by atoms with Crippen LogP contribution < -0.4 is 9.80 Å². The first kappa shape index (κ1) is 16.5. The lowest BCUT2D eigenvalue weighted by molar-refractivity contribution is 0.185. The highest BCUT2D eigenvalue weighted by molar-refractivity contribution is 6.08. The van der Waals surface area contributed by atoms with Crippen LogP contribution >= 0.6 is 0 Å². The Balaban J connectivity index is 1.94. The van der Waals surface area contributed by atoms with Gasteiger partial charge in [-0.15, -0.1) is 0 Å². The fraction of sp³-hybridized carbons (Fsp3) is 0.350. The molecule has 126 valence electrons. The summed E-state index contributed by atoms with van der Waals surface area (Å²) in [6, 6.07) is 12.6. The van der Waals surface area contributed by atoms with E-state index in [0.29, 0.717) is 12.6 Å². The maximum Gasteiger partial charge on any atom is 0.203 e. The summed E-state index contributed by atoms with van der Waals surface area (Å²) in [5.41, 5.74) is 7.06. The molecule has 0 aromatic heterocycles. The third-order valence-electron chi connectivity index (χ3n) is 4.55. The zero-order valence-corrected chi connectivity index (χ0v) is 14.9. The van der Waals surface area contributed by atoms with Crippen molar-refractivity contribution in [2.75, 3.05) is 30.0 Å². The number of ether oxygens (including phenoxy) is 1. The van der Waals surface area contributed by atoms with E-state index < -0.39 is 0 Å². The number of anilines is 2. The van der Waals surface area contributed by atoms with Crippen molar-refractivity contribution in [3.8, 4) is 0 Å². The summed E-state index contributed by atoms with van der Waals surface area (Å²) in [7, 11) is 1.71. The van der Waals surface area contributed by atoms with Gasteiger partial charge < -0.3 is 14.5 Å². The number of nitrogens with one attached hydrogen (secondary N) is 1. The predicted molar refractivity (Wildman–Crippen MR) is 100 cm³/mol. The van der Waals surface area contributed by atoms with Crippen molar-refractivity contribution in [1.29, 1.82) is 5.41 Å². The molecule has 0 amide bonds. The minimum atomic E-state index is 0.536. The number of hydrogen-bond acceptors (Lipinski definition) is 2. The Hall–Kier alpha value is -2.33. The minimum absolute atomic E-state index is 0.536. The average molecular weight is 323 g/mol. The Morgan fingerprint density at radius 2 is 1.62 bits per heavy atom. The van der Waals surface area contributed by atoms with Gasteiger partial charge in [0.05, 0.1) is 6.61 Å². The van der Waals surface area contributed by atoms with E-state index in [9.17, 15) is 0 Å². The van der Waals surface area contributed by atoms with E-state index >= 15 is 0 Å². The third kappa shape index (κ3) is 2.89. The SMILES string of the molecule is COCc1ccccc1N1CCN(c2c(C)cc(C)cc2C)C1=N. The molecule has 1 saturated heterocycles. The molecule has 1 fully saturated rings. The van der Waals surface area contributed by atoms with E-state index in [2.05, 4.69) is 54.8 Å². The molecule has 0 saturated carbocycles. The molecular formula is C20H25N3O. The Morgan fingerprint density at radius 1 is 1.00 bits per heavy atom. The lowest BCUT2D eigenvalue weighted by atomic mass is 10.0. The molecule has 3 rings (SSSR count). The minimum Gasteiger partial charge on any atom is -0.380 e. The van der Waals surface area contributed by atoms with E-state index in [0.717, 1.165) is 30.0 Å². The van der Waals surface area contributed by atoms with Gasteiger partial charge >= 0.3 is 0 Å². The van der Waals surface area contributed by atoms with Crippen molar-refractivity contribution in [1.82, 2.24) is 0 Å². The Kier molecular flexibility index (Phi) is 4.58. The molecule has 0 aliphatic carbocycles. The molecule has 1 aliphatic rings. The van der Waals surface area contributed by atoms with Gasteiger partial charge in [0.25, 0.3) is 0 Å². The highest BCUT2D eigenvalue weighted by atomic mass is 16.5. The van der Waals surface area contributed by atoms with Crippen molar-refractivity contribution in [3.63, 3.8) is 0 Å². The van der Waals surface area contributed by atoms with Crippen LogP contribution in [0.5, 0.6) is 0 Å². The molecule has 2 aromatic carbocycles. The molecule has 4 heteroatoms. The third-order valence-corrected chi connectivity index (χ3v) is 4.55. The first-order chi connectivity index (χ1) is 11.5.